The van der Waals surface area contributed by atoms with E-state index in [4.69, 9.17) is 4.98 Å². The predicted octanol–water partition coefficient (Wildman–Crippen LogP) is 5.11. The normalized spacial score (nSPS) is 17.2. The Balaban J connectivity index is 1.89. The molecule has 23 heavy (non-hydrogen) atoms. The fourth-order valence-electron chi connectivity index (χ4n) is 3.20. The standard InChI is InChI=1S/C18H18N2OS2/c1-10-7-8-12-15(9-10)23-17(19-11(2)21)16(12)18-20-13-5-3-4-6-14(13)22-18/h3-6,10H,7-9H2,1-2H3,(H,19,21)/t10-/m0/s1. The summed E-state index contributed by atoms with van der Waals surface area (Å²) < 4.78 is 1.19. The Morgan fingerprint density at radius 2 is 2.13 bits per heavy atom. The first-order valence-electron chi connectivity index (χ1n) is 7.90. The van der Waals surface area contributed by atoms with Crippen LogP contribution >= 0.6 is 22.7 Å². The van der Waals surface area contributed by atoms with Gasteiger partial charge in [-0.2, -0.15) is 0 Å². The Morgan fingerprint density at radius 3 is 2.91 bits per heavy atom. The lowest BCUT2D eigenvalue weighted by atomic mass is 9.88. The fraction of sp³-hybridized carbons (Fsp3) is 0.333. The van der Waals surface area contributed by atoms with Crippen LogP contribution in [0.5, 0.6) is 0 Å². The molecular weight excluding hydrogens is 324 g/mol. The first-order chi connectivity index (χ1) is 11.1. The van der Waals surface area contributed by atoms with Crippen LogP contribution in [0.15, 0.2) is 24.3 Å². The maximum absolute atomic E-state index is 11.6. The second-order valence-electron chi connectivity index (χ2n) is 6.22. The molecule has 1 amide bonds. The van der Waals surface area contributed by atoms with Crippen molar-refractivity contribution in [1.82, 2.24) is 4.98 Å². The lowest BCUT2D eigenvalue weighted by molar-refractivity contribution is -0.114. The van der Waals surface area contributed by atoms with Gasteiger partial charge in [-0.3, -0.25) is 4.79 Å². The molecule has 3 aromatic rings. The number of anilines is 1. The molecule has 0 spiro atoms. The number of nitrogens with zero attached hydrogens (tertiary/aromatic N) is 1. The van der Waals surface area contributed by atoms with Gasteiger partial charge in [0.15, 0.2) is 0 Å². The Kier molecular flexibility index (Phi) is 3.70. The van der Waals surface area contributed by atoms with Gasteiger partial charge >= 0.3 is 0 Å². The Morgan fingerprint density at radius 1 is 1.30 bits per heavy atom. The molecule has 2 heterocycles. The second-order valence-corrected chi connectivity index (χ2v) is 8.36. The third-order valence-electron chi connectivity index (χ3n) is 4.31. The van der Waals surface area contributed by atoms with Gasteiger partial charge in [0.2, 0.25) is 5.91 Å². The summed E-state index contributed by atoms with van der Waals surface area (Å²) >= 11 is 3.45. The number of carbonyl (C=O) groups is 1. The zero-order valence-electron chi connectivity index (χ0n) is 13.2. The minimum absolute atomic E-state index is 0.0148. The van der Waals surface area contributed by atoms with Crippen molar-refractivity contribution in [1.29, 1.82) is 0 Å². The topological polar surface area (TPSA) is 42.0 Å². The van der Waals surface area contributed by atoms with Crippen molar-refractivity contribution in [3.05, 3.63) is 34.7 Å². The average molecular weight is 342 g/mol. The highest BCUT2D eigenvalue weighted by molar-refractivity contribution is 7.22. The largest absolute Gasteiger partial charge is 0.317 e. The zero-order valence-corrected chi connectivity index (χ0v) is 14.8. The smallest absolute Gasteiger partial charge is 0.221 e. The average Bonchev–Trinajstić information content (AvgIpc) is 3.06. The molecule has 1 aliphatic carbocycles. The Bertz CT molecular complexity index is 861. The SMILES string of the molecule is CC(=O)Nc1sc2c(c1-c1nc3ccccc3s1)CC[C@H](C)C2. The predicted molar refractivity (Wildman–Crippen MR) is 98.4 cm³/mol. The van der Waals surface area contributed by atoms with Crippen LogP contribution in [0.1, 0.15) is 30.7 Å². The van der Waals surface area contributed by atoms with Crippen LogP contribution in [0.25, 0.3) is 20.8 Å². The van der Waals surface area contributed by atoms with E-state index in [1.807, 2.05) is 18.2 Å². The third-order valence-corrected chi connectivity index (χ3v) is 6.53. The minimum Gasteiger partial charge on any atom is -0.317 e. The lowest BCUT2D eigenvalue weighted by Crippen LogP contribution is -2.09. The highest BCUT2D eigenvalue weighted by atomic mass is 32.1. The molecule has 0 radical (unpaired) electrons. The number of aromatic nitrogens is 1. The van der Waals surface area contributed by atoms with E-state index in [-0.39, 0.29) is 5.91 Å². The van der Waals surface area contributed by atoms with Gasteiger partial charge in [0, 0.05) is 17.4 Å². The van der Waals surface area contributed by atoms with Gasteiger partial charge in [-0.05, 0) is 42.9 Å². The van der Waals surface area contributed by atoms with Gasteiger partial charge in [-0.15, -0.1) is 22.7 Å². The van der Waals surface area contributed by atoms with E-state index in [2.05, 4.69) is 18.3 Å². The monoisotopic (exact) mass is 342 g/mol. The molecule has 0 unspecified atom stereocenters. The van der Waals surface area contributed by atoms with E-state index >= 15 is 0 Å². The molecular formula is C18H18N2OS2. The maximum Gasteiger partial charge on any atom is 0.221 e. The first kappa shape index (κ1) is 14.8. The first-order valence-corrected chi connectivity index (χ1v) is 9.53. The minimum atomic E-state index is -0.0148. The van der Waals surface area contributed by atoms with Gasteiger partial charge in [0.05, 0.1) is 10.2 Å². The number of hydrogen-bond acceptors (Lipinski definition) is 4. The fourth-order valence-corrected chi connectivity index (χ4v) is 5.77. The molecule has 2 aromatic heterocycles. The zero-order chi connectivity index (χ0) is 16.0. The molecule has 118 valence electrons. The van der Waals surface area contributed by atoms with Crippen molar-refractivity contribution in [2.75, 3.05) is 5.32 Å². The summed E-state index contributed by atoms with van der Waals surface area (Å²) in [6.07, 6.45) is 3.40. The van der Waals surface area contributed by atoms with Gasteiger partial charge < -0.3 is 5.32 Å². The summed E-state index contributed by atoms with van der Waals surface area (Å²) in [5.41, 5.74) is 3.59. The second kappa shape index (κ2) is 5.73. The number of fused-ring (bicyclic) bond motifs is 2. The molecule has 3 nitrogen and oxygen atoms in total. The highest BCUT2D eigenvalue weighted by Gasteiger charge is 2.26. The van der Waals surface area contributed by atoms with Crippen molar-refractivity contribution >= 4 is 43.8 Å². The Hall–Kier alpha value is -1.72. The summed E-state index contributed by atoms with van der Waals surface area (Å²) in [6.45, 7) is 3.88. The molecule has 4 rings (SSSR count). The number of thiazole rings is 1. The molecule has 1 aliphatic rings. The molecule has 0 saturated carbocycles. The van der Waals surface area contributed by atoms with Gasteiger partial charge in [0.25, 0.3) is 0 Å². The molecule has 0 saturated heterocycles. The summed E-state index contributed by atoms with van der Waals surface area (Å²) in [5.74, 6) is 0.702. The van der Waals surface area contributed by atoms with Gasteiger partial charge in [-0.25, -0.2) is 4.98 Å². The molecule has 1 aromatic carbocycles. The molecule has 0 fully saturated rings. The summed E-state index contributed by atoms with van der Waals surface area (Å²) in [5, 5.41) is 5.03. The maximum atomic E-state index is 11.6. The number of benzene rings is 1. The summed E-state index contributed by atoms with van der Waals surface area (Å²) in [4.78, 5) is 17.9. The van der Waals surface area contributed by atoms with E-state index in [1.54, 1.807) is 29.6 Å². The number of amides is 1. The van der Waals surface area contributed by atoms with E-state index in [9.17, 15) is 4.79 Å². The van der Waals surface area contributed by atoms with E-state index in [0.717, 1.165) is 39.8 Å². The van der Waals surface area contributed by atoms with Crippen LogP contribution in [0.3, 0.4) is 0 Å². The summed E-state index contributed by atoms with van der Waals surface area (Å²) in [6, 6.07) is 8.22. The van der Waals surface area contributed by atoms with Crippen molar-refractivity contribution < 1.29 is 4.79 Å². The van der Waals surface area contributed by atoms with Crippen LogP contribution in [-0.2, 0) is 17.6 Å². The van der Waals surface area contributed by atoms with Crippen molar-refractivity contribution in [3.63, 3.8) is 0 Å². The molecule has 0 aliphatic heterocycles. The number of hydrogen-bond donors (Lipinski definition) is 1. The number of rotatable bonds is 2. The van der Waals surface area contributed by atoms with Crippen LogP contribution in [0, 0.1) is 5.92 Å². The van der Waals surface area contributed by atoms with Crippen molar-refractivity contribution in [2.24, 2.45) is 5.92 Å². The van der Waals surface area contributed by atoms with Gasteiger partial charge in [-0.1, -0.05) is 19.1 Å². The van der Waals surface area contributed by atoms with E-state index in [0.29, 0.717) is 0 Å². The molecule has 0 bridgehead atoms. The molecule has 1 N–H and O–H groups in total. The van der Waals surface area contributed by atoms with Gasteiger partial charge in [0.1, 0.15) is 10.0 Å². The van der Waals surface area contributed by atoms with E-state index in [1.165, 1.54) is 21.6 Å². The van der Waals surface area contributed by atoms with Crippen molar-refractivity contribution in [2.45, 2.75) is 33.1 Å². The van der Waals surface area contributed by atoms with Crippen LogP contribution in [0.2, 0.25) is 0 Å². The Labute approximate surface area is 143 Å². The quantitative estimate of drug-likeness (QED) is 0.703. The van der Waals surface area contributed by atoms with E-state index < -0.39 is 0 Å². The number of para-hydroxylation sites is 1. The highest BCUT2D eigenvalue weighted by Crippen LogP contribution is 2.46. The number of nitrogens with one attached hydrogen (secondary N) is 1. The lowest BCUT2D eigenvalue weighted by Gasteiger charge is -2.18. The third kappa shape index (κ3) is 2.68. The summed E-state index contributed by atoms with van der Waals surface area (Å²) in [7, 11) is 0. The molecule has 5 heteroatoms. The van der Waals surface area contributed by atoms with Crippen LogP contribution in [-0.4, -0.2) is 10.9 Å². The number of thiophene rings is 1. The van der Waals surface area contributed by atoms with Crippen LogP contribution in [0.4, 0.5) is 5.00 Å². The van der Waals surface area contributed by atoms with Crippen molar-refractivity contribution in [3.8, 4) is 10.6 Å². The molecule has 1 atom stereocenters. The van der Waals surface area contributed by atoms with Crippen LogP contribution < -0.4 is 5.32 Å². The number of carbonyl (C=O) groups excluding carboxylic acids is 1.